The number of rotatable bonds is 3. The standard InChI is InChI=1S/C15H21NO3/c17-13(8-10-4-1-2-5-10)16-9-11-6-3-7-12(11)14(16)15(18)19/h1,4,10-12,14H,2-3,5-9H2,(H,18,19). The van der Waals surface area contributed by atoms with Gasteiger partial charge in [-0.25, -0.2) is 4.79 Å². The fourth-order valence-corrected chi connectivity index (χ4v) is 4.09. The SMILES string of the molecule is O=C(O)C1C2CCCC2CN1C(=O)CC1C=CCC1. The summed E-state index contributed by atoms with van der Waals surface area (Å²) in [7, 11) is 0. The van der Waals surface area contributed by atoms with Gasteiger partial charge in [0.1, 0.15) is 6.04 Å². The fourth-order valence-electron chi connectivity index (χ4n) is 4.09. The quantitative estimate of drug-likeness (QED) is 0.793. The normalized spacial score (nSPS) is 36.7. The molecule has 0 radical (unpaired) electrons. The van der Waals surface area contributed by atoms with Crippen molar-refractivity contribution in [1.29, 1.82) is 0 Å². The zero-order chi connectivity index (χ0) is 13.4. The van der Waals surface area contributed by atoms with Crippen LogP contribution in [0.15, 0.2) is 12.2 Å². The van der Waals surface area contributed by atoms with Crippen LogP contribution in [-0.4, -0.2) is 34.5 Å². The third-order valence-corrected chi connectivity index (χ3v) is 5.01. The third kappa shape index (κ3) is 2.28. The molecule has 19 heavy (non-hydrogen) atoms. The molecule has 0 bridgehead atoms. The molecule has 0 spiro atoms. The van der Waals surface area contributed by atoms with Crippen LogP contribution in [0.4, 0.5) is 0 Å². The molecule has 1 saturated heterocycles. The minimum atomic E-state index is -0.815. The van der Waals surface area contributed by atoms with E-state index in [4.69, 9.17) is 0 Å². The maximum absolute atomic E-state index is 12.4. The van der Waals surface area contributed by atoms with Crippen molar-refractivity contribution in [3.63, 3.8) is 0 Å². The monoisotopic (exact) mass is 263 g/mol. The molecular formula is C15H21NO3. The molecule has 0 aromatic carbocycles. The summed E-state index contributed by atoms with van der Waals surface area (Å²) in [5.74, 6) is 0.162. The predicted octanol–water partition coefficient (Wildman–Crippen LogP) is 2.05. The molecule has 1 saturated carbocycles. The topological polar surface area (TPSA) is 57.6 Å². The first-order chi connectivity index (χ1) is 9.16. The Labute approximate surface area is 113 Å². The molecule has 2 aliphatic carbocycles. The molecular weight excluding hydrogens is 242 g/mol. The lowest BCUT2D eigenvalue weighted by Gasteiger charge is -2.25. The molecule has 3 aliphatic rings. The molecule has 4 nitrogen and oxygen atoms in total. The summed E-state index contributed by atoms with van der Waals surface area (Å²) in [6.07, 6.45) is 9.95. The van der Waals surface area contributed by atoms with E-state index in [2.05, 4.69) is 12.2 Å². The van der Waals surface area contributed by atoms with E-state index in [1.807, 2.05) is 0 Å². The van der Waals surface area contributed by atoms with Gasteiger partial charge in [0, 0.05) is 13.0 Å². The van der Waals surface area contributed by atoms with Gasteiger partial charge in [0.05, 0.1) is 0 Å². The van der Waals surface area contributed by atoms with Crippen LogP contribution in [0, 0.1) is 17.8 Å². The second-order valence-electron chi connectivity index (χ2n) is 6.15. The summed E-state index contributed by atoms with van der Waals surface area (Å²) in [6, 6.07) is -0.564. The van der Waals surface area contributed by atoms with Gasteiger partial charge >= 0.3 is 5.97 Å². The Hall–Kier alpha value is -1.32. The van der Waals surface area contributed by atoms with Gasteiger partial charge in [-0.05, 0) is 43.4 Å². The summed E-state index contributed by atoms with van der Waals surface area (Å²) < 4.78 is 0. The number of carbonyl (C=O) groups excluding carboxylic acids is 1. The average Bonchev–Trinajstić information content (AvgIpc) is 3.02. The molecule has 3 rings (SSSR count). The van der Waals surface area contributed by atoms with Gasteiger partial charge in [-0.15, -0.1) is 0 Å². The first-order valence-electron chi connectivity index (χ1n) is 7.35. The van der Waals surface area contributed by atoms with E-state index < -0.39 is 12.0 Å². The first-order valence-corrected chi connectivity index (χ1v) is 7.35. The summed E-state index contributed by atoms with van der Waals surface area (Å²) in [5, 5.41) is 9.43. The Morgan fingerprint density at radius 3 is 2.79 bits per heavy atom. The highest BCUT2D eigenvalue weighted by Crippen LogP contribution is 2.42. The Morgan fingerprint density at radius 1 is 1.26 bits per heavy atom. The Kier molecular flexibility index (Phi) is 3.33. The number of amides is 1. The lowest BCUT2D eigenvalue weighted by atomic mass is 9.94. The molecule has 1 aliphatic heterocycles. The van der Waals surface area contributed by atoms with Crippen molar-refractivity contribution >= 4 is 11.9 Å². The average molecular weight is 263 g/mol. The summed E-state index contributed by atoms with van der Waals surface area (Å²) in [6.45, 7) is 0.664. The third-order valence-electron chi connectivity index (χ3n) is 5.01. The number of fused-ring (bicyclic) bond motifs is 1. The summed E-state index contributed by atoms with van der Waals surface area (Å²) in [5.41, 5.74) is 0. The predicted molar refractivity (Wildman–Crippen MR) is 70.4 cm³/mol. The second kappa shape index (κ2) is 4.99. The van der Waals surface area contributed by atoms with Crippen LogP contribution in [0.2, 0.25) is 0 Å². The second-order valence-corrected chi connectivity index (χ2v) is 6.15. The number of likely N-dealkylation sites (tertiary alicyclic amines) is 1. The lowest BCUT2D eigenvalue weighted by molar-refractivity contribution is -0.149. The molecule has 104 valence electrons. The summed E-state index contributed by atoms with van der Waals surface area (Å²) in [4.78, 5) is 25.5. The smallest absolute Gasteiger partial charge is 0.326 e. The number of carboxylic acids is 1. The molecule has 4 atom stereocenters. The number of hydrogen-bond acceptors (Lipinski definition) is 2. The van der Waals surface area contributed by atoms with Crippen LogP contribution in [0.5, 0.6) is 0 Å². The van der Waals surface area contributed by atoms with Crippen LogP contribution >= 0.6 is 0 Å². The van der Waals surface area contributed by atoms with Gasteiger partial charge in [-0.2, -0.15) is 0 Å². The van der Waals surface area contributed by atoms with Gasteiger partial charge in [0.15, 0.2) is 0 Å². The number of allylic oxidation sites excluding steroid dienone is 2. The van der Waals surface area contributed by atoms with Gasteiger partial charge in [-0.1, -0.05) is 18.6 Å². The highest BCUT2D eigenvalue weighted by atomic mass is 16.4. The minimum absolute atomic E-state index is 0.0401. The van der Waals surface area contributed by atoms with Crippen molar-refractivity contribution in [2.75, 3.05) is 6.54 Å². The Bertz CT molecular complexity index is 418. The van der Waals surface area contributed by atoms with Crippen LogP contribution in [0.1, 0.15) is 38.5 Å². The number of carbonyl (C=O) groups is 2. The Morgan fingerprint density at radius 2 is 2.11 bits per heavy atom. The maximum atomic E-state index is 12.4. The molecule has 4 heteroatoms. The maximum Gasteiger partial charge on any atom is 0.326 e. The first kappa shape index (κ1) is 12.7. The van der Waals surface area contributed by atoms with Crippen LogP contribution in [-0.2, 0) is 9.59 Å². The number of aliphatic carboxylic acids is 1. The number of nitrogens with zero attached hydrogens (tertiary/aromatic N) is 1. The molecule has 1 amide bonds. The molecule has 0 aromatic rings. The van der Waals surface area contributed by atoms with Crippen molar-refractivity contribution in [3.05, 3.63) is 12.2 Å². The molecule has 2 fully saturated rings. The van der Waals surface area contributed by atoms with Crippen molar-refractivity contribution in [2.24, 2.45) is 17.8 Å². The summed E-state index contributed by atoms with van der Waals surface area (Å²) >= 11 is 0. The molecule has 1 N–H and O–H groups in total. The van der Waals surface area contributed by atoms with Crippen LogP contribution < -0.4 is 0 Å². The lowest BCUT2D eigenvalue weighted by Crippen LogP contribution is -2.43. The highest BCUT2D eigenvalue weighted by Gasteiger charge is 2.49. The van der Waals surface area contributed by atoms with E-state index in [-0.39, 0.29) is 11.8 Å². The molecule has 4 unspecified atom stereocenters. The van der Waals surface area contributed by atoms with E-state index in [1.165, 1.54) is 0 Å². The minimum Gasteiger partial charge on any atom is -0.480 e. The van der Waals surface area contributed by atoms with E-state index in [0.717, 1.165) is 32.1 Å². The zero-order valence-electron chi connectivity index (χ0n) is 11.1. The van der Waals surface area contributed by atoms with Crippen molar-refractivity contribution in [2.45, 2.75) is 44.6 Å². The van der Waals surface area contributed by atoms with Gasteiger partial charge in [0.25, 0.3) is 0 Å². The van der Waals surface area contributed by atoms with E-state index in [0.29, 0.717) is 24.8 Å². The molecule has 0 aromatic heterocycles. The van der Waals surface area contributed by atoms with Gasteiger partial charge in [-0.3, -0.25) is 4.79 Å². The van der Waals surface area contributed by atoms with E-state index >= 15 is 0 Å². The van der Waals surface area contributed by atoms with Crippen molar-refractivity contribution in [1.82, 2.24) is 4.90 Å². The number of hydrogen-bond donors (Lipinski definition) is 1. The number of carboxylic acid groups (broad SMARTS) is 1. The Balaban J connectivity index is 1.70. The van der Waals surface area contributed by atoms with Crippen LogP contribution in [0.25, 0.3) is 0 Å². The zero-order valence-corrected chi connectivity index (χ0v) is 11.1. The fraction of sp³-hybridized carbons (Fsp3) is 0.733. The van der Waals surface area contributed by atoms with Crippen LogP contribution in [0.3, 0.4) is 0 Å². The largest absolute Gasteiger partial charge is 0.480 e. The molecule has 1 heterocycles. The highest BCUT2D eigenvalue weighted by molar-refractivity contribution is 5.85. The van der Waals surface area contributed by atoms with Gasteiger partial charge in [0.2, 0.25) is 5.91 Å². The van der Waals surface area contributed by atoms with E-state index in [9.17, 15) is 14.7 Å². The van der Waals surface area contributed by atoms with Crippen molar-refractivity contribution < 1.29 is 14.7 Å². The van der Waals surface area contributed by atoms with Gasteiger partial charge < -0.3 is 10.0 Å². The van der Waals surface area contributed by atoms with E-state index in [1.54, 1.807) is 4.90 Å². The van der Waals surface area contributed by atoms with Crippen molar-refractivity contribution in [3.8, 4) is 0 Å².